The maximum absolute atomic E-state index is 13.0. The Hall–Kier alpha value is -1.58. The van der Waals surface area contributed by atoms with Crippen LogP contribution in [0, 0.1) is 6.92 Å². The minimum absolute atomic E-state index is 0.146. The summed E-state index contributed by atoms with van der Waals surface area (Å²) in [6.07, 6.45) is -3.33. The molecule has 0 amide bonds. The molecule has 0 unspecified atom stereocenters. The zero-order valence-electron chi connectivity index (χ0n) is 7.60. The number of aryl methyl sites for hydroxylation is 1. The number of halogens is 2. The Kier molecular flexibility index (Phi) is 1.74. The molecular weight excluding hydrogens is 188 g/mol. The van der Waals surface area contributed by atoms with Crippen LogP contribution < -0.4 is 10.1 Å². The Labute approximate surface area is 80.2 Å². The number of anilines is 1. The zero-order valence-corrected chi connectivity index (χ0v) is 7.60. The summed E-state index contributed by atoms with van der Waals surface area (Å²) in [5.41, 5.74) is 1.06. The quantitative estimate of drug-likeness (QED) is 0.690. The number of nitrogens with one attached hydrogen (secondary N) is 1. The molecule has 0 spiro atoms. The SMILES string of the molecule is C=C1Nc2cc(C)ccc2OC1(F)F. The van der Waals surface area contributed by atoms with E-state index in [0.29, 0.717) is 5.69 Å². The van der Waals surface area contributed by atoms with Crippen molar-refractivity contribution < 1.29 is 13.5 Å². The van der Waals surface area contributed by atoms with Gasteiger partial charge in [-0.3, -0.25) is 0 Å². The Morgan fingerprint density at radius 2 is 2.14 bits per heavy atom. The normalized spacial score (nSPS) is 18.1. The van der Waals surface area contributed by atoms with Crippen molar-refractivity contribution in [2.24, 2.45) is 0 Å². The van der Waals surface area contributed by atoms with Gasteiger partial charge in [-0.25, -0.2) is 0 Å². The molecule has 1 heterocycles. The fourth-order valence-corrected chi connectivity index (χ4v) is 1.27. The molecule has 0 atom stereocenters. The van der Waals surface area contributed by atoms with Gasteiger partial charge in [-0.1, -0.05) is 12.6 Å². The summed E-state index contributed by atoms with van der Waals surface area (Å²) < 4.78 is 30.5. The van der Waals surface area contributed by atoms with Crippen LogP contribution in [0.5, 0.6) is 5.75 Å². The Balaban J connectivity index is 2.46. The van der Waals surface area contributed by atoms with Crippen LogP contribution in [0.15, 0.2) is 30.5 Å². The molecule has 1 N–H and O–H groups in total. The van der Waals surface area contributed by atoms with E-state index >= 15 is 0 Å². The third-order valence-electron chi connectivity index (χ3n) is 2.01. The van der Waals surface area contributed by atoms with Gasteiger partial charge in [0.05, 0.1) is 5.69 Å². The van der Waals surface area contributed by atoms with Crippen LogP contribution in [0.25, 0.3) is 0 Å². The third-order valence-corrected chi connectivity index (χ3v) is 2.01. The summed E-state index contributed by atoms with van der Waals surface area (Å²) in [6.45, 7) is 5.08. The second-order valence-electron chi connectivity index (χ2n) is 3.22. The molecule has 0 aliphatic carbocycles. The summed E-state index contributed by atoms with van der Waals surface area (Å²) in [4.78, 5) is 0. The van der Waals surface area contributed by atoms with Gasteiger partial charge in [-0.2, -0.15) is 8.78 Å². The number of alkyl halides is 2. The predicted octanol–water partition coefficient (Wildman–Crippen LogP) is 2.91. The molecule has 1 aliphatic rings. The highest BCUT2D eigenvalue weighted by atomic mass is 19.3. The molecular formula is C10H9F2NO. The van der Waals surface area contributed by atoms with E-state index in [4.69, 9.17) is 0 Å². The first kappa shape index (κ1) is 8.99. The van der Waals surface area contributed by atoms with Crippen LogP contribution in [0.4, 0.5) is 14.5 Å². The lowest BCUT2D eigenvalue weighted by Crippen LogP contribution is -2.34. The predicted molar refractivity (Wildman–Crippen MR) is 49.5 cm³/mol. The fourth-order valence-electron chi connectivity index (χ4n) is 1.27. The van der Waals surface area contributed by atoms with Crippen LogP contribution >= 0.6 is 0 Å². The van der Waals surface area contributed by atoms with E-state index in [-0.39, 0.29) is 5.75 Å². The molecule has 0 saturated heterocycles. The number of fused-ring (bicyclic) bond motifs is 1. The molecule has 2 nitrogen and oxygen atoms in total. The van der Waals surface area contributed by atoms with E-state index in [9.17, 15) is 8.78 Å². The van der Waals surface area contributed by atoms with Gasteiger partial charge in [0.15, 0.2) is 0 Å². The number of hydrogen-bond donors (Lipinski definition) is 1. The molecule has 0 saturated carbocycles. The summed E-state index contributed by atoms with van der Waals surface area (Å²) in [5.74, 6) is 0.146. The number of rotatable bonds is 0. The second-order valence-corrected chi connectivity index (χ2v) is 3.22. The Morgan fingerprint density at radius 1 is 1.43 bits per heavy atom. The maximum Gasteiger partial charge on any atom is 0.441 e. The molecule has 74 valence electrons. The summed E-state index contributed by atoms with van der Waals surface area (Å²) in [7, 11) is 0. The summed E-state index contributed by atoms with van der Waals surface area (Å²) in [5, 5.41) is 2.52. The molecule has 1 aromatic carbocycles. The monoisotopic (exact) mass is 197 g/mol. The zero-order chi connectivity index (χ0) is 10.3. The number of ether oxygens (including phenoxy) is 1. The lowest BCUT2D eigenvalue weighted by molar-refractivity contribution is -0.143. The van der Waals surface area contributed by atoms with Crippen LogP contribution in [0.3, 0.4) is 0 Å². The third kappa shape index (κ3) is 1.32. The smallest absolute Gasteiger partial charge is 0.426 e. The summed E-state index contributed by atoms with van der Waals surface area (Å²) in [6, 6.07) is 4.96. The highest BCUT2D eigenvalue weighted by molar-refractivity contribution is 5.63. The molecule has 4 heteroatoms. The molecule has 1 aromatic rings. The topological polar surface area (TPSA) is 21.3 Å². The molecule has 0 aromatic heterocycles. The molecule has 0 fully saturated rings. The van der Waals surface area contributed by atoms with Crippen LogP contribution in [-0.2, 0) is 0 Å². The number of benzene rings is 1. The van der Waals surface area contributed by atoms with Crippen LogP contribution in [0.2, 0.25) is 0 Å². The van der Waals surface area contributed by atoms with Gasteiger partial charge in [0, 0.05) is 0 Å². The van der Waals surface area contributed by atoms with E-state index in [1.165, 1.54) is 6.07 Å². The van der Waals surface area contributed by atoms with Gasteiger partial charge in [0.25, 0.3) is 0 Å². The van der Waals surface area contributed by atoms with Gasteiger partial charge in [0.1, 0.15) is 11.4 Å². The largest absolute Gasteiger partial charge is 0.441 e. The van der Waals surface area contributed by atoms with Gasteiger partial charge >= 0.3 is 6.11 Å². The van der Waals surface area contributed by atoms with Crippen molar-refractivity contribution in [1.29, 1.82) is 0 Å². The van der Waals surface area contributed by atoms with E-state index < -0.39 is 11.8 Å². The summed E-state index contributed by atoms with van der Waals surface area (Å²) >= 11 is 0. The average Bonchev–Trinajstić information content (AvgIpc) is 2.08. The van der Waals surface area contributed by atoms with Gasteiger partial charge in [-0.15, -0.1) is 0 Å². The second kappa shape index (κ2) is 2.70. The first-order chi connectivity index (χ1) is 6.49. The van der Waals surface area contributed by atoms with E-state index in [1.807, 2.05) is 6.92 Å². The highest BCUT2D eigenvalue weighted by Gasteiger charge is 2.40. The fraction of sp³-hybridized carbons (Fsp3) is 0.200. The van der Waals surface area contributed by atoms with Crippen molar-refractivity contribution in [2.45, 2.75) is 13.0 Å². The lowest BCUT2D eigenvalue weighted by Gasteiger charge is -2.28. The van der Waals surface area contributed by atoms with Crippen molar-refractivity contribution in [3.05, 3.63) is 36.0 Å². The van der Waals surface area contributed by atoms with E-state index in [1.54, 1.807) is 12.1 Å². The highest BCUT2D eigenvalue weighted by Crippen LogP contribution is 2.39. The van der Waals surface area contributed by atoms with E-state index in [2.05, 4.69) is 16.6 Å². The van der Waals surface area contributed by atoms with Crippen LogP contribution in [-0.4, -0.2) is 6.11 Å². The minimum atomic E-state index is -3.33. The Morgan fingerprint density at radius 3 is 2.86 bits per heavy atom. The average molecular weight is 197 g/mol. The minimum Gasteiger partial charge on any atom is -0.426 e. The lowest BCUT2D eigenvalue weighted by atomic mass is 10.2. The molecule has 0 radical (unpaired) electrons. The van der Waals surface area contributed by atoms with Crippen LogP contribution in [0.1, 0.15) is 5.56 Å². The van der Waals surface area contributed by atoms with Gasteiger partial charge in [0.2, 0.25) is 0 Å². The molecule has 2 rings (SSSR count). The van der Waals surface area contributed by atoms with Gasteiger partial charge < -0.3 is 10.1 Å². The molecule has 14 heavy (non-hydrogen) atoms. The number of hydrogen-bond acceptors (Lipinski definition) is 2. The van der Waals surface area contributed by atoms with Crippen molar-refractivity contribution in [1.82, 2.24) is 0 Å². The van der Waals surface area contributed by atoms with Crippen molar-refractivity contribution >= 4 is 5.69 Å². The standard InChI is InChI=1S/C10H9F2NO/c1-6-3-4-9-8(5-6)13-7(2)10(11,12)14-9/h3-5,13H,2H2,1H3. The van der Waals surface area contributed by atoms with Crippen molar-refractivity contribution in [3.63, 3.8) is 0 Å². The van der Waals surface area contributed by atoms with Crippen molar-refractivity contribution in [2.75, 3.05) is 5.32 Å². The van der Waals surface area contributed by atoms with Gasteiger partial charge in [-0.05, 0) is 24.6 Å². The maximum atomic E-state index is 13.0. The first-order valence-electron chi connectivity index (χ1n) is 4.13. The van der Waals surface area contributed by atoms with Crippen molar-refractivity contribution in [3.8, 4) is 5.75 Å². The van der Waals surface area contributed by atoms with E-state index in [0.717, 1.165) is 5.56 Å². The Bertz CT molecular complexity index is 401. The molecule has 0 bridgehead atoms. The first-order valence-corrected chi connectivity index (χ1v) is 4.13. The molecule has 1 aliphatic heterocycles.